The fraction of sp³-hybridized carbons (Fsp3) is 0.562. The number of rotatable bonds is 6. The van der Waals surface area contributed by atoms with E-state index in [1.165, 1.54) is 12.8 Å². The number of benzene rings is 1. The summed E-state index contributed by atoms with van der Waals surface area (Å²) < 4.78 is 10.4. The van der Waals surface area contributed by atoms with Crippen molar-refractivity contribution in [2.24, 2.45) is 11.1 Å². The predicted octanol–water partition coefficient (Wildman–Crippen LogP) is 1.95. The van der Waals surface area contributed by atoms with Crippen LogP contribution < -0.4 is 20.5 Å². The molecule has 1 aliphatic carbocycles. The standard InChI is InChI=1S/C16H24N2O3/c1-20-12-5-6-13(14(9-12)21-2)15(19)18-11-16(10-17)7-3-4-8-16/h5-6,9H,3-4,7-8,10-11,17H2,1-2H3,(H,18,19). The van der Waals surface area contributed by atoms with Gasteiger partial charge in [0.25, 0.3) is 5.91 Å². The normalized spacial score (nSPS) is 16.5. The average molecular weight is 292 g/mol. The maximum absolute atomic E-state index is 12.4. The fourth-order valence-corrected chi connectivity index (χ4v) is 2.93. The van der Waals surface area contributed by atoms with Crippen molar-refractivity contribution in [1.29, 1.82) is 0 Å². The minimum Gasteiger partial charge on any atom is -0.497 e. The molecule has 0 atom stereocenters. The van der Waals surface area contributed by atoms with Gasteiger partial charge in [-0.1, -0.05) is 12.8 Å². The van der Waals surface area contributed by atoms with E-state index in [0.29, 0.717) is 30.2 Å². The second-order valence-corrected chi connectivity index (χ2v) is 5.66. The molecule has 21 heavy (non-hydrogen) atoms. The number of hydrogen-bond donors (Lipinski definition) is 2. The first-order chi connectivity index (χ1) is 10.1. The van der Waals surface area contributed by atoms with Crippen molar-refractivity contribution in [3.05, 3.63) is 23.8 Å². The summed E-state index contributed by atoms with van der Waals surface area (Å²) in [6.07, 6.45) is 4.56. The molecular weight excluding hydrogens is 268 g/mol. The number of hydrogen-bond acceptors (Lipinski definition) is 4. The Bertz CT molecular complexity index is 496. The molecule has 1 aliphatic rings. The maximum Gasteiger partial charge on any atom is 0.255 e. The third-order valence-electron chi connectivity index (χ3n) is 4.37. The van der Waals surface area contributed by atoms with Crippen molar-refractivity contribution < 1.29 is 14.3 Å². The summed E-state index contributed by atoms with van der Waals surface area (Å²) in [7, 11) is 3.13. The van der Waals surface area contributed by atoms with Gasteiger partial charge in [-0.15, -0.1) is 0 Å². The first-order valence-electron chi connectivity index (χ1n) is 7.34. The molecule has 0 unspecified atom stereocenters. The van der Waals surface area contributed by atoms with E-state index >= 15 is 0 Å². The molecule has 1 aromatic rings. The van der Waals surface area contributed by atoms with Crippen LogP contribution >= 0.6 is 0 Å². The Hall–Kier alpha value is -1.75. The van der Waals surface area contributed by atoms with Crippen LogP contribution in [0.5, 0.6) is 11.5 Å². The van der Waals surface area contributed by atoms with Gasteiger partial charge in [-0.2, -0.15) is 0 Å². The molecule has 1 fully saturated rings. The van der Waals surface area contributed by atoms with Crippen LogP contribution in [-0.2, 0) is 0 Å². The van der Waals surface area contributed by atoms with Gasteiger partial charge in [0.15, 0.2) is 0 Å². The van der Waals surface area contributed by atoms with Crippen LogP contribution in [0.3, 0.4) is 0 Å². The van der Waals surface area contributed by atoms with E-state index in [0.717, 1.165) is 12.8 Å². The predicted molar refractivity (Wildman–Crippen MR) is 81.8 cm³/mol. The van der Waals surface area contributed by atoms with Gasteiger partial charge in [0.1, 0.15) is 11.5 Å². The Morgan fingerprint density at radius 2 is 2.00 bits per heavy atom. The zero-order valence-electron chi connectivity index (χ0n) is 12.8. The van der Waals surface area contributed by atoms with Crippen LogP contribution in [0, 0.1) is 5.41 Å². The van der Waals surface area contributed by atoms with Crippen molar-refractivity contribution in [3.8, 4) is 11.5 Å². The molecule has 2 rings (SSSR count). The van der Waals surface area contributed by atoms with Gasteiger partial charge in [0, 0.05) is 12.6 Å². The highest BCUT2D eigenvalue weighted by Gasteiger charge is 2.32. The summed E-state index contributed by atoms with van der Waals surface area (Å²) >= 11 is 0. The SMILES string of the molecule is COc1ccc(C(=O)NCC2(CN)CCCC2)c(OC)c1. The Morgan fingerprint density at radius 3 is 2.57 bits per heavy atom. The fourth-order valence-electron chi connectivity index (χ4n) is 2.93. The van der Waals surface area contributed by atoms with Gasteiger partial charge >= 0.3 is 0 Å². The van der Waals surface area contributed by atoms with E-state index in [1.807, 2.05) is 0 Å². The van der Waals surface area contributed by atoms with E-state index in [-0.39, 0.29) is 11.3 Å². The summed E-state index contributed by atoms with van der Waals surface area (Å²) in [6, 6.07) is 5.19. The lowest BCUT2D eigenvalue weighted by Crippen LogP contribution is -2.40. The highest BCUT2D eigenvalue weighted by Crippen LogP contribution is 2.36. The molecule has 5 nitrogen and oxygen atoms in total. The van der Waals surface area contributed by atoms with Gasteiger partial charge in [-0.3, -0.25) is 4.79 Å². The number of amides is 1. The van der Waals surface area contributed by atoms with E-state index in [9.17, 15) is 4.79 Å². The van der Waals surface area contributed by atoms with Crippen molar-refractivity contribution in [2.45, 2.75) is 25.7 Å². The lowest BCUT2D eigenvalue weighted by Gasteiger charge is -2.27. The zero-order chi connectivity index (χ0) is 15.3. The summed E-state index contributed by atoms with van der Waals surface area (Å²) in [5.41, 5.74) is 6.48. The lowest BCUT2D eigenvalue weighted by atomic mass is 9.86. The molecule has 1 aromatic carbocycles. The molecule has 0 bridgehead atoms. The minimum atomic E-state index is -0.130. The van der Waals surface area contributed by atoms with Gasteiger partial charge in [-0.05, 0) is 36.9 Å². The molecule has 0 spiro atoms. The molecular formula is C16H24N2O3. The monoisotopic (exact) mass is 292 g/mol. The Balaban J connectivity index is 2.06. The summed E-state index contributed by atoms with van der Waals surface area (Å²) in [5, 5.41) is 3.01. The van der Waals surface area contributed by atoms with Crippen LogP contribution in [0.2, 0.25) is 0 Å². The minimum absolute atomic E-state index is 0.0648. The van der Waals surface area contributed by atoms with Crippen molar-refractivity contribution >= 4 is 5.91 Å². The van der Waals surface area contributed by atoms with E-state index in [4.69, 9.17) is 15.2 Å². The second-order valence-electron chi connectivity index (χ2n) is 5.66. The highest BCUT2D eigenvalue weighted by atomic mass is 16.5. The van der Waals surface area contributed by atoms with Crippen LogP contribution in [0.1, 0.15) is 36.0 Å². The molecule has 5 heteroatoms. The summed E-state index contributed by atoms with van der Waals surface area (Å²) in [5.74, 6) is 1.05. The molecule has 0 aliphatic heterocycles. The van der Waals surface area contributed by atoms with Crippen molar-refractivity contribution in [2.75, 3.05) is 27.3 Å². The largest absolute Gasteiger partial charge is 0.497 e. The molecule has 0 heterocycles. The van der Waals surface area contributed by atoms with E-state index < -0.39 is 0 Å². The molecule has 0 saturated heterocycles. The number of nitrogens with one attached hydrogen (secondary N) is 1. The summed E-state index contributed by atoms with van der Waals surface area (Å²) in [4.78, 5) is 12.4. The third kappa shape index (κ3) is 3.47. The Labute approximate surface area is 125 Å². The van der Waals surface area contributed by atoms with Crippen LogP contribution in [-0.4, -0.2) is 33.2 Å². The molecule has 116 valence electrons. The number of carbonyl (C=O) groups excluding carboxylic acids is 1. The highest BCUT2D eigenvalue weighted by molar-refractivity contribution is 5.97. The van der Waals surface area contributed by atoms with E-state index in [1.54, 1.807) is 32.4 Å². The van der Waals surface area contributed by atoms with Gasteiger partial charge in [0.2, 0.25) is 0 Å². The van der Waals surface area contributed by atoms with Gasteiger partial charge in [0.05, 0.1) is 19.8 Å². The maximum atomic E-state index is 12.4. The van der Waals surface area contributed by atoms with Crippen LogP contribution in [0.15, 0.2) is 18.2 Å². The number of ether oxygens (including phenoxy) is 2. The average Bonchev–Trinajstić information content (AvgIpc) is 3.01. The quantitative estimate of drug-likeness (QED) is 0.840. The topological polar surface area (TPSA) is 73.6 Å². The number of methoxy groups -OCH3 is 2. The smallest absolute Gasteiger partial charge is 0.255 e. The second kappa shape index (κ2) is 6.80. The van der Waals surface area contributed by atoms with Crippen molar-refractivity contribution in [1.82, 2.24) is 5.32 Å². The van der Waals surface area contributed by atoms with Gasteiger partial charge < -0.3 is 20.5 Å². The summed E-state index contributed by atoms with van der Waals surface area (Å²) in [6.45, 7) is 1.24. The zero-order valence-corrected chi connectivity index (χ0v) is 12.8. The Kier molecular flexibility index (Phi) is 5.07. The Morgan fingerprint density at radius 1 is 1.29 bits per heavy atom. The molecule has 1 amide bonds. The number of carbonyl (C=O) groups is 1. The van der Waals surface area contributed by atoms with E-state index in [2.05, 4.69) is 5.32 Å². The van der Waals surface area contributed by atoms with Crippen LogP contribution in [0.25, 0.3) is 0 Å². The molecule has 0 aromatic heterocycles. The molecule has 1 saturated carbocycles. The lowest BCUT2D eigenvalue weighted by molar-refractivity contribution is 0.0929. The molecule has 3 N–H and O–H groups in total. The first-order valence-corrected chi connectivity index (χ1v) is 7.34. The van der Waals surface area contributed by atoms with Crippen molar-refractivity contribution in [3.63, 3.8) is 0 Å². The number of nitrogens with two attached hydrogens (primary N) is 1. The third-order valence-corrected chi connectivity index (χ3v) is 4.37. The van der Waals surface area contributed by atoms with Gasteiger partial charge in [-0.25, -0.2) is 0 Å². The van der Waals surface area contributed by atoms with Crippen LogP contribution in [0.4, 0.5) is 0 Å². The molecule has 0 radical (unpaired) electrons. The first kappa shape index (κ1) is 15.6.